The molecule has 0 radical (unpaired) electrons. The zero-order chi connectivity index (χ0) is 13.8. The third-order valence-corrected chi connectivity index (χ3v) is 1.95. The fraction of sp³-hybridized carbons (Fsp3) is 0.643. The van der Waals surface area contributed by atoms with Gasteiger partial charge in [0.05, 0.1) is 13.3 Å². The number of aromatic nitrogens is 1. The molecule has 1 aromatic heterocycles. The van der Waals surface area contributed by atoms with Gasteiger partial charge in [-0.1, -0.05) is 27.2 Å². The van der Waals surface area contributed by atoms with Gasteiger partial charge in [0.1, 0.15) is 11.9 Å². The van der Waals surface area contributed by atoms with E-state index in [1.54, 1.807) is 19.4 Å². The first-order chi connectivity index (χ1) is 8.67. The molecule has 106 valence electrons. The van der Waals surface area contributed by atoms with E-state index < -0.39 is 0 Å². The zero-order valence-electron chi connectivity index (χ0n) is 12.2. The van der Waals surface area contributed by atoms with Crippen LogP contribution in [-0.4, -0.2) is 31.3 Å². The van der Waals surface area contributed by atoms with Crippen molar-refractivity contribution in [1.29, 1.82) is 0 Å². The predicted molar refractivity (Wildman–Crippen MR) is 77.5 cm³/mol. The molecule has 0 aliphatic rings. The largest absolute Gasteiger partial charge is 0.495 e. The van der Waals surface area contributed by atoms with Crippen molar-refractivity contribution in [3.05, 3.63) is 18.3 Å². The molecule has 4 heteroatoms. The van der Waals surface area contributed by atoms with E-state index >= 15 is 0 Å². The van der Waals surface area contributed by atoms with Crippen molar-refractivity contribution >= 4 is 0 Å². The molecule has 0 bridgehead atoms. The summed E-state index contributed by atoms with van der Waals surface area (Å²) in [5.41, 5.74) is 0. The Morgan fingerprint density at radius 1 is 1.33 bits per heavy atom. The second-order valence-electron chi connectivity index (χ2n) is 3.98. The number of ether oxygens (including phenoxy) is 2. The standard InChI is InChI=1S/C11H18N2O2.C3H8.H2/c1-4-12-7-9(2)15-11-6-5-10(14-3)8-13-11;1-3-2;/h5-6,8-9,12H,4,7H2,1-3H3;3H2,1-2H3;1H/t9-;;/m1../s1. The SMILES string of the molecule is CCC.CCNC[C@@H](C)Oc1ccc(OC)cn1.[HH]. The van der Waals surface area contributed by atoms with Crippen LogP contribution in [0.4, 0.5) is 0 Å². The predicted octanol–water partition coefficient (Wildman–Crippen LogP) is 3.13. The molecular weight excluding hydrogens is 228 g/mol. The van der Waals surface area contributed by atoms with Crippen LogP contribution in [0.15, 0.2) is 18.3 Å². The van der Waals surface area contributed by atoms with Gasteiger partial charge < -0.3 is 14.8 Å². The first kappa shape index (κ1) is 16.7. The molecule has 0 amide bonds. The molecule has 0 aliphatic heterocycles. The Hall–Kier alpha value is -1.29. The van der Waals surface area contributed by atoms with Crippen molar-refractivity contribution in [2.24, 2.45) is 0 Å². The summed E-state index contributed by atoms with van der Waals surface area (Å²) in [4.78, 5) is 4.12. The number of likely N-dealkylation sites (N-methyl/N-ethyl adjacent to an activating group) is 1. The lowest BCUT2D eigenvalue weighted by Crippen LogP contribution is -2.28. The topological polar surface area (TPSA) is 43.4 Å². The van der Waals surface area contributed by atoms with Gasteiger partial charge >= 0.3 is 0 Å². The molecule has 4 nitrogen and oxygen atoms in total. The monoisotopic (exact) mass is 256 g/mol. The highest BCUT2D eigenvalue weighted by Crippen LogP contribution is 2.13. The first-order valence-electron chi connectivity index (χ1n) is 6.55. The van der Waals surface area contributed by atoms with Crippen LogP contribution >= 0.6 is 0 Å². The average Bonchev–Trinajstić information content (AvgIpc) is 2.38. The van der Waals surface area contributed by atoms with Crippen molar-refractivity contribution in [2.45, 2.75) is 40.2 Å². The van der Waals surface area contributed by atoms with Crippen LogP contribution in [0.1, 0.15) is 35.5 Å². The minimum absolute atomic E-state index is 0. The van der Waals surface area contributed by atoms with Gasteiger partial charge in [0.25, 0.3) is 0 Å². The maximum absolute atomic E-state index is 5.59. The Kier molecular flexibility index (Phi) is 10.1. The van der Waals surface area contributed by atoms with Crippen LogP contribution in [0.2, 0.25) is 0 Å². The van der Waals surface area contributed by atoms with E-state index in [1.165, 1.54) is 6.42 Å². The number of nitrogens with zero attached hydrogens (tertiary/aromatic N) is 1. The summed E-state index contributed by atoms with van der Waals surface area (Å²) in [6.07, 6.45) is 3.01. The summed E-state index contributed by atoms with van der Waals surface area (Å²) in [6, 6.07) is 3.64. The van der Waals surface area contributed by atoms with Gasteiger partial charge in [-0.25, -0.2) is 4.98 Å². The highest BCUT2D eigenvalue weighted by atomic mass is 16.5. The van der Waals surface area contributed by atoms with Gasteiger partial charge in [0, 0.05) is 14.0 Å². The van der Waals surface area contributed by atoms with Crippen LogP contribution in [0, 0.1) is 0 Å². The van der Waals surface area contributed by atoms with Gasteiger partial charge in [-0.3, -0.25) is 0 Å². The Bertz CT molecular complexity index is 294. The summed E-state index contributed by atoms with van der Waals surface area (Å²) < 4.78 is 10.6. The van der Waals surface area contributed by atoms with Gasteiger partial charge in [0.15, 0.2) is 0 Å². The molecule has 1 rings (SSSR count). The van der Waals surface area contributed by atoms with Crippen molar-refractivity contribution in [1.82, 2.24) is 10.3 Å². The van der Waals surface area contributed by atoms with Crippen LogP contribution in [-0.2, 0) is 0 Å². The quantitative estimate of drug-likeness (QED) is 0.849. The van der Waals surface area contributed by atoms with E-state index in [9.17, 15) is 0 Å². The maximum atomic E-state index is 5.59. The molecule has 1 N–H and O–H groups in total. The number of nitrogens with one attached hydrogen (secondary N) is 1. The van der Waals surface area contributed by atoms with Crippen LogP contribution in [0.5, 0.6) is 11.6 Å². The number of hydrogen-bond acceptors (Lipinski definition) is 4. The molecule has 0 spiro atoms. The lowest BCUT2D eigenvalue weighted by Gasteiger charge is -2.13. The van der Waals surface area contributed by atoms with Crippen molar-refractivity contribution in [2.75, 3.05) is 20.2 Å². The molecule has 1 atom stereocenters. The fourth-order valence-electron chi connectivity index (χ4n) is 1.15. The molecule has 0 fully saturated rings. The molecule has 0 saturated heterocycles. The summed E-state index contributed by atoms with van der Waals surface area (Å²) in [6.45, 7) is 10.1. The molecule has 0 unspecified atom stereocenters. The molecule has 0 saturated carbocycles. The van der Waals surface area contributed by atoms with E-state index in [-0.39, 0.29) is 7.53 Å². The third kappa shape index (κ3) is 7.90. The molecule has 0 aliphatic carbocycles. The van der Waals surface area contributed by atoms with Crippen molar-refractivity contribution in [3.8, 4) is 11.6 Å². The molecular formula is C14H28N2O2. The number of methoxy groups -OCH3 is 1. The van der Waals surface area contributed by atoms with E-state index in [1.807, 2.05) is 13.0 Å². The van der Waals surface area contributed by atoms with Crippen LogP contribution < -0.4 is 14.8 Å². The Morgan fingerprint density at radius 3 is 2.44 bits per heavy atom. The Labute approximate surface area is 112 Å². The Balaban J connectivity index is 0. The van der Waals surface area contributed by atoms with Crippen molar-refractivity contribution < 1.29 is 10.9 Å². The van der Waals surface area contributed by atoms with Gasteiger partial charge in [-0.15, -0.1) is 0 Å². The van der Waals surface area contributed by atoms with Crippen LogP contribution in [0.25, 0.3) is 0 Å². The normalized spacial score (nSPS) is 11.2. The minimum atomic E-state index is 0. The lowest BCUT2D eigenvalue weighted by molar-refractivity contribution is 0.209. The molecule has 1 heterocycles. The van der Waals surface area contributed by atoms with E-state index in [2.05, 4.69) is 31.1 Å². The number of pyridine rings is 1. The average molecular weight is 256 g/mol. The summed E-state index contributed by atoms with van der Waals surface area (Å²) in [5, 5.41) is 3.21. The maximum Gasteiger partial charge on any atom is 0.213 e. The minimum Gasteiger partial charge on any atom is -0.495 e. The Morgan fingerprint density at radius 2 is 2.00 bits per heavy atom. The smallest absolute Gasteiger partial charge is 0.213 e. The van der Waals surface area contributed by atoms with E-state index in [0.717, 1.165) is 18.8 Å². The lowest BCUT2D eigenvalue weighted by atomic mass is 10.4. The second-order valence-corrected chi connectivity index (χ2v) is 3.98. The highest BCUT2D eigenvalue weighted by Gasteiger charge is 2.03. The van der Waals surface area contributed by atoms with Crippen molar-refractivity contribution in [3.63, 3.8) is 0 Å². The number of hydrogen-bond donors (Lipinski definition) is 1. The second kappa shape index (κ2) is 10.8. The van der Waals surface area contributed by atoms with E-state index in [4.69, 9.17) is 9.47 Å². The molecule has 1 aromatic rings. The van der Waals surface area contributed by atoms with Crippen LogP contribution in [0.3, 0.4) is 0 Å². The number of rotatable bonds is 6. The summed E-state index contributed by atoms with van der Waals surface area (Å²) >= 11 is 0. The fourth-order valence-corrected chi connectivity index (χ4v) is 1.15. The summed E-state index contributed by atoms with van der Waals surface area (Å²) in [7, 11) is 1.62. The van der Waals surface area contributed by atoms with Gasteiger partial charge in [0.2, 0.25) is 5.88 Å². The molecule has 18 heavy (non-hydrogen) atoms. The third-order valence-electron chi connectivity index (χ3n) is 1.95. The van der Waals surface area contributed by atoms with Gasteiger partial charge in [-0.2, -0.15) is 0 Å². The highest BCUT2D eigenvalue weighted by molar-refractivity contribution is 5.22. The molecule has 0 aromatic carbocycles. The van der Waals surface area contributed by atoms with Gasteiger partial charge in [-0.05, 0) is 19.5 Å². The zero-order valence-corrected chi connectivity index (χ0v) is 12.2. The van der Waals surface area contributed by atoms with E-state index in [0.29, 0.717) is 5.88 Å². The summed E-state index contributed by atoms with van der Waals surface area (Å²) in [5.74, 6) is 1.36. The first-order valence-corrected chi connectivity index (χ1v) is 6.55.